The van der Waals surface area contributed by atoms with Crippen LogP contribution in [0, 0.1) is 0 Å². The molecule has 0 unspecified atom stereocenters. The number of benzene rings is 1. The average molecular weight is 364 g/mol. The molecule has 0 saturated heterocycles. The summed E-state index contributed by atoms with van der Waals surface area (Å²) in [5, 5.41) is 2.07. The van der Waals surface area contributed by atoms with E-state index < -0.39 is 0 Å². The van der Waals surface area contributed by atoms with Gasteiger partial charge in [0, 0.05) is 22.2 Å². The van der Waals surface area contributed by atoms with Crippen LogP contribution in [0.3, 0.4) is 0 Å². The molecule has 0 atom stereocenters. The second-order valence-electron chi connectivity index (χ2n) is 7.47. The van der Waals surface area contributed by atoms with Gasteiger partial charge in [0.2, 0.25) is 0 Å². The minimum atomic E-state index is -0.377. The Kier molecular flexibility index (Phi) is 4.13. The van der Waals surface area contributed by atoms with Crippen molar-refractivity contribution < 1.29 is 9.53 Å². The summed E-state index contributed by atoms with van der Waals surface area (Å²) in [6.07, 6.45) is 2.22. The highest BCUT2D eigenvalue weighted by Crippen LogP contribution is 2.35. The zero-order chi connectivity index (χ0) is 19.3. The number of esters is 1. The Labute approximate surface area is 157 Å². The van der Waals surface area contributed by atoms with Gasteiger partial charge in [0.25, 0.3) is 0 Å². The van der Waals surface area contributed by atoms with Crippen LogP contribution in [-0.4, -0.2) is 32.0 Å². The standard InChI is InChI=1S/C21H24N4O2/c1-6-12-16-15(9-22-18(12)21(26)27-11(4)5)23-13-7-8-14-19(17(13)16)25-20(24-14)10(2)3/h7-11,23H,6H2,1-5H3,(H,24,25). The van der Waals surface area contributed by atoms with Gasteiger partial charge in [-0.25, -0.2) is 14.8 Å². The number of nitrogens with one attached hydrogen (secondary N) is 2. The number of aryl methyl sites for hydroxylation is 1. The third-order valence-corrected chi connectivity index (χ3v) is 4.81. The van der Waals surface area contributed by atoms with E-state index in [-0.39, 0.29) is 12.1 Å². The number of ether oxygens (including phenoxy) is 1. The molecule has 6 heteroatoms. The van der Waals surface area contributed by atoms with Gasteiger partial charge in [-0.2, -0.15) is 0 Å². The molecule has 3 aromatic heterocycles. The van der Waals surface area contributed by atoms with E-state index in [1.807, 2.05) is 32.9 Å². The van der Waals surface area contributed by atoms with E-state index in [4.69, 9.17) is 9.72 Å². The Balaban J connectivity index is 2.07. The fourth-order valence-corrected chi connectivity index (χ4v) is 3.60. The Morgan fingerprint density at radius 3 is 2.56 bits per heavy atom. The molecule has 4 aromatic rings. The number of nitrogens with zero attached hydrogens (tertiary/aromatic N) is 2. The molecule has 0 spiro atoms. The van der Waals surface area contributed by atoms with Crippen molar-refractivity contribution in [3.8, 4) is 0 Å². The van der Waals surface area contributed by atoms with Gasteiger partial charge in [0.05, 0.1) is 28.9 Å². The van der Waals surface area contributed by atoms with Crippen molar-refractivity contribution in [3.63, 3.8) is 0 Å². The maximum absolute atomic E-state index is 12.6. The molecule has 1 aromatic carbocycles. The number of pyridine rings is 1. The van der Waals surface area contributed by atoms with Gasteiger partial charge in [-0.15, -0.1) is 0 Å². The summed E-state index contributed by atoms with van der Waals surface area (Å²) in [6, 6.07) is 4.05. The van der Waals surface area contributed by atoms with Crippen LogP contribution in [-0.2, 0) is 11.2 Å². The summed E-state index contributed by atoms with van der Waals surface area (Å²) in [5.74, 6) is 0.887. The fourth-order valence-electron chi connectivity index (χ4n) is 3.60. The fraction of sp³-hybridized carbons (Fsp3) is 0.381. The lowest BCUT2D eigenvalue weighted by Gasteiger charge is -2.11. The van der Waals surface area contributed by atoms with E-state index in [2.05, 4.69) is 28.8 Å². The number of fused-ring (bicyclic) bond motifs is 5. The molecule has 0 radical (unpaired) electrons. The van der Waals surface area contributed by atoms with Crippen molar-refractivity contribution in [1.82, 2.24) is 19.9 Å². The number of carbonyl (C=O) groups excluding carboxylic acids is 1. The van der Waals surface area contributed by atoms with E-state index >= 15 is 0 Å². The van der Waals surface area contributed by atoms with Crippen molar-refractivity contribution in [3.05, 3.63) is 35.4 Å². The molecule has 3 heterocycles. The number of aromatic nitrogens is 4. The number of hydrogen-bond acceptors (Lipinski definition) is 4. The summed E-state index contributed by atoms with van der Waals surface area (Å²) in [7, 11) is 0. The molecule has 0 amide bonds. The molecular formula is C21H24N4O2. The van der Waals surface area contributed by atoms with Crippen molar-refractivity contribution >= 4 is 38.8 Å². The van der Waals surface area contributed by atoms with Gasteiger partial charge >= 0.3 is 5.97 Å². The molecule has 4 rings (SSSR count). The van der Waals surface area contributed by atoms with Crippen LogP contribution >= 0.6 is 0 Å². The molecular weight excluding hydrogens is 340 g/mol. The van der Waals surface area contributed by atoms with Crippen LogP contribution < -0.4 is 0 Å². The van der Waals surface area contributed by atoms with Crippen LogP contribution in [0.25, 0.3) is 32.8 Å². The lowest BCUT2D eigenvalue weighted by Crippen LogP contribution is -2.15. The highest BCUT2D eigenvalue weighted by atomic mass is 16.5. The maximum atomic E-state index is 12.6. The first-order valence-electron chi connectivity index (χ1n) is 9.43. The van der Waals surface area contributed by atoms with Gasteiger partial charge in [-0.1, -0.05) is 20.8 Å². The Bertz CT molecular complexity index is 1170. The summed E-state index contributed by atoms with van der Waals surface area (Å²) in [5.41, 5.74) is 5.13. The van der Waals surface area contributed by atoms with Crippen LogP contribution in [0.2, 0.25) is 0 Å². The minimum absolute atomic E-state index is 0.185. The van der Waals surface area contributed by atoms with Crippen molar-refractivity contribution in [1.29, 1.82) is 0 Å². The first kappa shape index (κ1) is 17.5. The highest BCUT2D eigenvalue weighted by Gasteiger charge is 2.22. The molecule has 0 aliphatic rings. The van der Waals surface area contributed by atoms with E-state index in [0.29, 0.717) is 18.0 Å². The molecule has 2 N–H and O–H groups in total. The summed E-state index contributed by atoms with van der Waals surface area (Å²) < 4.78 is 5.41. The summed E-state index contributed by atoms with van der Waals surface area (Å²) in [6.45, 7) is 9.95. The topological polar surface area (TPSA) is 83.7 Å². The molecule has 0 saturated carbocycles. The quantitative estimate of drug-likeness (QED) is 0.507. The van der Waals surface area contributed by atoms with E-state index in [1.165, 1.54) is 0 Å². The average Bonchev–Trinajstić information content (AvgIpc) is 3.20. The molecule has 0 aliphatic heterocycles. The van der Waals surface area contributed by atoms with Gasteiger partial charge in [-0.05, 0) is 38.0 Å². The predicted molar refractivity (Wildman–Crippen MR) is 107 cm³/mol. The Morgan fingerprint density at radius 2 is 1.89 bits per heavy atom. The van der Waals surface area contributed by atoms with Gasteiger partial charge < -0.3 is 14.7 Å². The summed E-state index contributed by atoms with van der Waals surface area (Å²) >= 11 is 0. The van der Waals surface area contributed by atoms with Gasteiger partial charge in [0.15, 0.2) is 5.69 Å². The largest absolute Gasteiger partial charge is 0.458 e. The van der Waals surface area contributed by atoms with E-state index in [9.17, 15) is 4.79 Å². The first-order chi connectivity index (χ1) is 12.9. The van der Waals surface area contributed by atoms with Crippen LogP contribution in [0.1, 0.15) is 62.4 Å². The Morgan fingerprint density at radius 1 is 1.11 bits per heavy atom. The number of carbonyl (C=O) groups is 1. The van der Waals surface area contributed by atoms with Gasteiger partial charge in [0.1, 0.15) is 5.82 Å². The second-order valence-corrected chi connectivity index (χ2v) is 7.47. The monoisotopic (exact) mass is 364 g/mol. The lowest BCUT2D eigenvalue weighted by atomic mass is 10.0. The highest BCUT2D eigenvalue weighted by molar-refractivity contribution is 6.20. The van der Waals surface area contributed by atoms with Crippen LogP contribution in [0.15, 0.2) is 18.3 Å². The normalized spacial score (nSPS) is 12.1. The third kappa shape index (κ3) is 2.76. The van der Waals surface area contributed by atoms with Crippen LogP contribution in [0.4, 0.5) is 0 Å². The van der Waals surface area contributed by atoms with Crippen LogP contribution in [0.5, 0.6) is 0 Å². The number of imidazole rings is 1. The predicted octanol–water partition coefficient (Wildman–Crippen LogP) is 4.84. The molecule has 0 aliphatic carbocycles. The van der Waals surface area contributed by atoms with Crippen molar-refractivity contribution in [2.75, 3.05) is 0 Å². The van der Waals surface area contributed by atoms with Gasteiger partial charge in [-0.3, -0.25) is 0 Å². The maximum Gasteiger partial charge on any atom is 0.357 e. The number of H-pyrrole nitrogens is 2. The Hall–Kier alpha value is -2.89. The zero-order valence-corrected chi connectivity index (χ0v) is 16.3. The number of hydrogen-bond donors (Lipinski definition) is 2. The van der Waals surface area contributed by atoms with E-state index in [1.54, 1.807) is 6.20 Å². The molecule has 0 bridgehead atoms. The second kappa shape index (κ2) is 6.37. The molecule has 0 fully saturated rings. The number of rotatable bonds is 4. The molecule has 6 nitrogen and oxygen atoms in total. The minimum Gasteiger partial charge on any atom is -0.458 e. The first-order valence-corrected chi connectivity index (χ1v) is 9.43. The van der Waals surface area contributed by atoms with Crippen molar-refractivity contribution in [2.45, 2.75) is 53.1 Å². The zero-order valence-electron chi connectivity index (χ0n) is 16.3. The molecule has 27 heavy (non-hydrogen) atoms. The third-order valence-electron chi connectivity index (χ3n) is 4.81. The smallest absolute Gasteiger partial charge is 0.357 e. The summed E-state index contributed by atoms with van der Waals surface area (Å²) in [4.78, 5) is 28.6. The van der Waals surface area contributed by atoms with E-state index in [0.717, 1.165) is 44.2 Å². The SMILES string of the molecule is CCc1c(C(=O)OC(C)C)ncc2[nH]c3ccc4nc(C(C)C)[nH]c4c3c12. The molecule has 140 valence electrons. The lowest BCUT2D eigenvalue weighted by molar-refractivity contribution is 0.0370. The number of aromatic amines is 2. The van der Waals surface area contributed by atoms with Crippen molar-refractivity contribution in [2.24, 2.45) is 0 Å².